The number of Topliss-reactive ketones (excluding diaryl/α,β-unsaturated/α-hetero) is 1. The molecule has 0 radical (unpaired) electrons. The smallest absolute Gasteiger partial charge is 0.226 e. The van der Waals surface area contributed by atoms with Crippen LogP contribution in [0.15, 0.2) is 24.3 Å². The quantitative estimate of drug-likeness (QED) is 0.699. The molecule has 1 aliphatic heterocycles. The fraction of sp³-hybridized carbons (Fsp3) is 0.588. The Balaban J connectivity index is 2.15. The number of hydrogen-bond acceptors (Lipinski definition) is 6. The molecule has 1 aliphatic rings. The summed E-state index contributed by atoms with van der Waals surface area (Å²) in [7, 11) is 0. The number of rotatable bonds is 5. The van der Waals surface area contributed by atoms with Gasteiger partial charge in [-0.05, 0) is 37.1 Å². The Hall–Kier alpha value is -1.47. The molecule has 6 heteroatoms. The van der Waals surface area contributed by atoms with Gasteiger partial charge in [-0.3, -0.25) is 4.79 Å². The summed E-state index contributed by atoms with van der Waals surface area (Å²) >= 11 is 0. The Labute approximate surface area is 135 Å². The van der Waals surface area contributed by atoms with Crippen molar-refractivity contribution in [3.63, 3.8) is 0 Å². The van der Waals surface area contributed by atoms with Gasteiger partial charge in [0.2, 0.25) is 6.29 Å². The summed E-state index contributed by atoms with van der Waals surface area (Å²) < 4.78 is 11.1. The van der Waals surface area contributed by atoms with Crippen molar-refractivity contribution in [3.05, 3.63) is 29.8 Å². The van der Waals surface area contributed by atoms with Crippen molar-refractivity contribution in [1.29, 1.82) is 0 Å². The molecule has 0 aromatic heterocycles. The predicted molar refractivity (Wildman–Crippen MR) is 83.2 cm³/mol. The third kappa shape index (κ3) is 3.90. The van der Waals surface area contributed by atoms with Crippen molar-refractivity contribution in [2.45, 2.75) is 45.4 Å². The summed E-state index contributed by atoms with van der Waals surface area (Å²) in [5.74, 6) is -0.0880. The van der Waals surface area contributed by atoms with E-state index in [0.29, 0.717) is 11.3 Å². The lowest BCUT2D eigenvalue weighted by Crippen LogP contribution is -2.58. The normalized spacial score (nSPS) is 31.2. The zero-order valence-corrected chi connectivity index (χ0v) is 13.5. The summed E-state index contributed by atoms with van der Waals surface area (Å²) in [6.07, 6.45) is -3.80. The first-order chi connectivity index (χ1) is 10.8. The van der Waals surface area contributed by atoms with E-state index in [1.165, 1.54) is 6.92 Å². The van der Waals surface area contributed by atoms with Crippen LogP contribution in [0, 0.1) is 11.8 Å². The van der Waals surface area contributed by atoms with E-state index in [0.717, 1.165) is 0 Å². The molecular formula is C17H24O6. The van der Waals surface area contributed by atoms with Gasteiger partial charge >= 0.3 is 0 Å². The Morgan fingerprint density at radius 2 is 1.83 bits per heavy atom. The highest BCUT2D eigenvalue weighted by Crippen LogP contribution is 2.32. The maximum atomic E-state index is 11.3. The minimum Gasteiger partial charge on any atom is -0.462 e. The van der Waals surface area contributed by atoms with Crippen LogP contribution in [0.25, 0.3) is 0 Å². The molecule has 6 nitrogen and oxygen atoms in total. The molecule has 1 aromatic carbocycles. The van der Waals surface area contributed by atoms with Crippen LogP contribution < -0.4 is 4.74 Å². The SMILES string of the molecule is CC(=O)c1ccc(O[C@@H]2O[C@H](CO)[C@H](O)[C@H](C(C)C)[C@H]2O)cc1. The van der Waals surface area contributed by atoms with E-state index in [9.17, 15) is 20.1 Å². The van der Waals surface area contributed by atoms with Crippen molar-refractivity contribution in [3.8, 4) is 5.75 Å². The Morgan fingerprint density at radius 1 is 1.22 bits per heavy atom. The van der Waals surface area contributed by atoms with E-state index < -0.39 is 30.5 Å². The molecule has 23 heavy (non-hydrogen) atoms. The fourth-order valence-electron chi connectivity index (χ4n) is 2.90. The Kier molecular flexibility index (Phi) is 5.75. The average molecular weight is 324 g/mol. The van der Waals surface area contributed by atoms with Crippen molar-refractivity contribution in [1.82, 2.24) is 0 Å². The molecule has 1 heterocycles. The van der Waals surface area contributed by atoms with E-state index in [2.05, 4.69) is 0 Å². The average Bonchev–Trinajstić information content (AvgIpc) is 2.50. The second-order valence-corrected chi connectivity index (χ2v) is 6.23. The molecule has 0 saturated carbocycles. The van der Waals surface area contributed by atoms with Crippen LogP contribution in [-0.2, 0) is 4.74 Å². The number of ketones is 1. The third-order valence-electron chi connectivity index (χ3n) is 4.22. The number of benzene rings is 1. The molecule has 0 bridgehead atoms. The van der Waals surface area contributed by atoms with Crippen LogP contribution in [0.4, 0.5) is 0 Å². The summed E-state index contributed by atoms with van der Waals surface area (Å²) in [6.45, 7) is 4.88. The minimum absolute atomic E-state index is 0.0101. The second kappa shape index (κ2) is 7.40. The zero-order chi connectivity index (χ0) is 17.1. The maximum absolute atomic E-state index is 11.3. The van der Waals surface area contributed by atoms with E-state index in [4.69, 9.17) is 9.47 Å². The van der Waals surface area contributed by atoms with Crippen molar-refractivity contribution >= 4 is 5.78 Å². The Morgan fingerprint density at radius 3 is 2.30 bits per heavy atom. The number of aliphatic hydroxyl groups excluding tert-OH is 3. The molecule has 0 spiro atoms. The lowest BCUT2D eigenvalue weighted by atomic mass is 9.81. The van der Waals surface area contributed by atoms with Gasteiger partial charge in [0.05, 0.1) is 12.7 Å². The van der Waals surface area contributed by atoms with E-state index in [1.807, 2.05) is 13.8 Å². The van der Waals surface area contributed by atoms with Crippen molar-refractivity contribution < 1.29 is 29.6 Å². The number of carbonyl (C=O) groups excluding carboxylic acids is 1. The number of aliphatic hydroxyl groups is 3. The van der Waals surface area contributed by atoms with Gasteiger partial charge in [0, 0.05) is 11.5 Å². The van der Waals surface area contributed by atoms with Gasteiger partial charge in [-0.2, -0.15) is 0 Å². The standard InChI is InChI=1S/C17H24O6/c1-9(2)14-15(20)13(8-18)23-17(16(14)21)22-12-6-4-11(5-7-12)10(3)19/h4-7,9,13-18,20-21H,8H2,1-3H3/t13-,14+,15+,16-,17-/m1/s1. The molecule has 0 amide bonds. The van der Waals surface area contributed by atoms with Gasteiger partial charge in [0.25, 0.3) is 0 Å². The molecular weight excluding hydrogens is 300 g/mol. The van der Waals surface area contributed by atoms with Crippen LogP contribution in [0.3, 0.4) is 0 Å². The van der Waals surface area contributed by atoms with E-state index in [1.54, 1.807) is 24.3 Å². The van der Waals surface area contributed by atoms with Crippen molar-refractivity contribution in [2.24, 2.45) is 11.8 Å². The monoisotopic (exact) mass is 324 g/mol. The van der Waals surface area contributed by atoms with Crippen LogP contribution in [0.1, 0.15) is 31.1 Å². The zero-order valence-electron chi connectivity index (χ0n) is 13.5. The van der Waals surface area contributed by atoms with Crippen molar-refractivity contribution in [2.75, 3.05) is 6.61 Å². The molecule has 0 aliphatic carbocycles. The summed E-state index contributed by atoms with van der Waals surface area (Å²) in [5.41, 5.74) is 0.561. The lowest BCUT2D eigenvalue weighted by Gasteiger charge is -2.43. The first-order valence-electron chi connectivity index (χ1n) is 7.75. The molecule has 3 N–H and O–H groups in total. The first kappa shape index (κ1) is 17.9. The highest BCUT2D eigenvalue weighted by atomic mass is 16.7. The van der Waals surface area contributed by atoms with Crippen LogP contribution in [-0.4, -0.2) is 52.3 Å². The maximum Gasteiger partial charge on any atom is 0.226 e. The lowest BCUT2D eigenvalue weighted by molar-refractivity contribution is -0.269. The van der Waals surface area contributed by atoms with Gasteiger partial charge < -0.3 is 24.8 Å². The molecule has 0 unspecified atom stereocenters. The summed E-state index contributed by atoms with van der Waals surface area (Å²) in [5, 5.41) is 30.0. The predicted octanol–water partition coefficient (Wildman–Crippen LogP) is 0.979. The van der Waals surface area contributed by atoms with Crippen LogP contribution >= 0.6 is 0 Å². The van der Waals surface area contributed by atoms with Gasteiger partial charge in [-0.1, -0.05) is 13.8 Å². The second-order valence-electron chi connectivity index (χ2n) is 6.23. The highest BCUT2D eigenvalue weighted by molar-refractivity contribution is 5.94. The first-order valence-corrected chi connectivity index (χ1v) is 7.75. The molecule has 128 valence electrons. The minimum atomic E-state index is -1.03. The largest absolute Gasteiger partial charge is 0.462 e. The highest BCUT2D eigenvalue weighted by Gasteiger charge is 2.46. The van der Waals surface area contributed by atoms with Gasteiger partial charge in [-0.25, -0.2) is 0 Å². The molecule has 1 fully saturated rings. The third-order valence-corrected chi connectivity index (χ3v) is 4.22. The number of hydrogen-bond donors (Lipinski definition) is 3. The van der Waals surface area contributed by atoms with Crippen LogP contribution in [0.5, 0.6) is 5.75 Å². The summed E-state index contributed by atoms with van der Waals surface area (Å²) in [6, 6.07) is 6.50. The molecule has 2 rings (SSSR count). The fourth-order valence-corrected chi connectivity index (χ4v) is 2.90. The topological polar surface area (TPSA) is 96.2 Å². The van der Waals surface area contributed by atoms with Gasteiger partial charge in [0.15, 0.2) is 5.78 Å². The molecule has 5 atom stereocenters. The van der Waals surface area contributed by atoms with E-state index >= 15 is 0 Å². The van der Waals surface area contributed by atoms with E-state index in [-0.39, 0.29) is 18.3 Å². The Bertz CT molecular complexity index is 526. The summed E-state index contributed by atoms with van der Waals surface area (Å²) in [4.78, 5) is 11.3. The number of ether oxygens (including phenoxy) is 2. The van der Waals surface area contributed by atoms with Crippen LogP contribution in [0.2, 0.25) is 0 Å². The van der Waals surface area contributed by atoms with Gasteiger partial charge in [-0.15, -0.1) is 0 Å². The molecule has 1 saturated heterocycles. The van der Waals surface area contributed by atoms with Gasteiger partial charge in [0.1, 0.15) is 18.0 Å². The molecule has 1 aromatic rings. The number of carbonyl (C=O) groups is 1.